The van der Waals surface area contributed by atoms with E-state index in [0.29, 0.717) is 6.61 Å². The van der Waals surface area contributed by atoms with E-state index in [4.69, 9.17) is 9.47 Å². The molecule has 1 saturated heterocycles. The molecular weight excluding hydrogens is 168 g/mol. The topological polar surface area (TPSA) is 38.7 Å². The molecule has 3 nitrogen and oxygen atoms in total. The van der Waals surface area contributed by atoms with Crippen LogP contribution in [-0.2, 0) is 9.47 Å². The Kier molecular flexibility index (Phi) is 3.71. The van der Waals surface area contributed by atoms with Gasteiger partial charge in [-0.2, -0.15) is 0 Å². The maximum Gasteiger partial charge on any atom is 0.162 e. The van der Waals surface area contributed by atoms with Gasteiger partial charge in [0.1, 0.15) is 0 Å². The molecular formula is C10H20O3. The second-order valence-electron chi connectivity index (χ2n) is 3.87. The fourth-order valence-electron chi connectivity index (χ4n) is 1.73. The zero-order valence-electron chi connectivity index (χ0n) is 8.86. The lowest BCUT2D eigenvalue weighted by atomic mass is 9.86. The Hall–Kier alpha value is -0.120. The molecule has 0 aliphatic carbocycles. The van der Waals surface area contributed by atoms with Gasteiger partial charge in [-0.25, -0.2) is 0 Å². The molecule has 0 saturated carbocycles. The summed E-state index contributed by atoms with van der Waals surface area (Å²) in [6.07, 6.45) is -0.491. The fourth-order valence-corrected chi connectivity index (χ4v) is 1.73. The molecule has 0 spiro atoms. The van der Waals surface area contributed by atoms with Crippen molar-refractivity contribution in [2.75, 3.05) is 6.61 Å². The van der Waals surface area contributed by atoms with Crippen LogP contribution in [0.25, 0.3) is 0 Å². The van der Waals surface area contributed by atoms with E-state index >= 15 is 0 Å². The predicted octanol–water partition coefficient (Wildman–Crippen LogP) is 1.40. The molecule has 1 fully saturated rings. The van der Waals surface area contributed by atoms with Crippen molar-refractivity contribution >= 4 is 0 Å². The number of hydrogen-bond donors (Lipinski definition) is 1. The van der Waals surface area contributed by atoms with Crippen LogP contribution in [0.4, 0.5) is 0 Å². The molecule has 1 N–H and O–H groups in total. The van der Waals surface area contributed by atoms with Gasteiger partial charge in [-0.1, -0.05) is 13.8 Å². The average molecular weight is 188 g/mol. The first kappa shape index (κ1) is 11.0. The first-order valence-electron chi connectivity index (χ1n) is 5.03. The summed E-state index contributed by atoms with van der Waals surface area (Å²) in [4.78, 5) is 0. The van der Waals surface area contributed by atoms with Crippen LogP contribution in [0.15, 0.2) is 0 Å². The van der Waals surface area contributed by atoms with Gasteiger partial charge in [-0.15, -0.1) is 0 Å². The highest BCUT2D eigenvalue weighted by molar-refractivity contribution is 4.82. The number of hydrogen-bond acceptors (Lipinski definition) is 3. The predicted molar refractivity (Wildman–Crippen MR) is 50.3 cm³/mol. The third-order valence-corrected chi connectivity index (χ3v) is 2.93. The molecule has 0 aromatic rings. The van der Waals surface area contributed by atoms with Gasteiger partial charge in [0.2, 0.25) is 0 Å². The lowest BCUT2D eigenvalue weighted by molar-refractivity contribution is -0.255. The summed E-state index contributed by atoms with van der Waals surface area (Å²) in [5, 5.41) is 9.85. The van der Waals surface area contributed by atoms with Crippen LogP contribution in [0.2, 0.25) is 0 Å². The van der Waals surface area contributed by atoms with Gasteiger partial charge < -0.3 is 14.6 Å². The molecule has 78 valence electrons. The van der Waals surface area contributed by atoms with E-state index in [2.05, 4.69) is 0 Å². The smallest absolute Gasteiger partial charge is 0.162 e. The Morgan fingerprint density at radius 3 is 2.38 bits per heavy atom. The number of rotatable bonds is 2. The first-order chi connectivity index (χ1) is 6.07. The molecule has 0 radical (unpaired) electrons. The highest BCUT2D eigenvalue weighted by Gasteiger charge is 2.38. The number of aliphatic hydroxyl groups excluding tert-OH is 1. The minimum atomic E-state index is -0.319. The van der Waals surface area contributed by atoms with Gasteiger partial charge >= 0.3 is 0 Å². The Bertz CT molecular complexity index is 160. The van der Waals surface area contributed by atoms with E-state index in [1.165, 1.54) is 0 Å². The maximum atomic E-state index is 9.85. The fraction of sp³-hybridized carbons (Fsp3) is 1.00. The summed E-state index contributed by atoms with van der Waals surface area (Å²) in [7, 11) is 0. The van der Waals surface area contributed by atoms with Crippen LogP contribution in [0.5, 0.6) is 0 Å². The van der Waals surface area contributed by atoms with Crippen LogP contribution in [0, 0.1) is 11.8 Å². The molecule has 1 aliphatic rings. The van der Waals surface area contributed by atoms with Gasteiger partial charge in [0.05, 0.1) is 12.2 Å². The highest BCUT2D eigenvalue weighted by atomic mass is 16.7. The molecule has 5 unspecified atom stereocenters. The summed E-state index contributed by atoms with van der Waals surface area (Å²) < 4.78 is 11.0. The van der Waals surface area contributed by atoms with Crippen molar-refractivity contribution in [3.8, 4) is 0 Å². The van der Waals surface area contributed by atoms with Crippen molar-refractivity contribution in [1.82, 2.24) is 0 Å². The van der Waals surface area contributed by atoms with E-state index in [9.17, 15) is 5.11 Å². The van der Waals surface area contributed by atoms with Gasteiger partial charge in [0.25, 0.3) is 0 Å². The second kappa shape index (κ2) is 4.40. The van der Waals surface area contributed by atoms with Crippen LogP contribution < -0.4 is 0 Å². The van der Waals surface area contributed by atoms with E-state index in [0.717, 1.165) is 0 Å². The Labute approximate surface area is 80.0 Å². The number of aliphatic hydroxyl groups is 1. The van der Waals surface area contributed by atoms with Crippen molar-refractivity contribution < 1.29 is 14.6 Å². The molecule has 1 aliphatic heterocycles. The summed E-state index contributed by atoms with van der Waals surface area (Å²) in [5.74, 6) is 0.248. The minimum Gasteiger partial charge on any atom is -0.392 e. The third-order valence-electron chi connectivity index (χ3n) is 2.93. The third kappa shape index (κ3) is 2.22. The van der Waals surface area contributed by atoms with Crippen LogP contribution >= 0.6 is 0 Å². The summed E-state index contributed by atoms with van der Waals surface area (Å²) in [6, 6.07) is 0. The maximum absolute atomic E-state index is 9.85. The zero-order valence-corrected chi connectivity index (χ0v) is 8.86. The molecule has 1 heterocycles. The van der Waals surface area contributed by atoms with E-state index in [1.807, 2.05) is 27.7 Å². The van der Waals surface area contributed by atoms with Gasteiger partial charge in [0.15, 0.2) is 6.29 Å². The molecule has 13 heavy (non-hydrogen) atoms. The van der Waals surface area contributed by atoms with E-state index < -0.39 is 0 Å². The van der Waals surface area contributed by atoms with Crippen molar-refractivity contribution in [2.24, 2.45) is 11.8 Å². The lowest BCUT2D eigenvalue weighted by Crippen LogP contribution is -2.48. The SMILES string of the molecule is CCOC1OC(C)C(C)C(O)C1C. The van der Waals surface area contributed by atoms with Crippen LogP contribution in [-0.4, -0.2) is 30.2 Å². The standard InChI is InChI=1S/C10H20O3/c1-5-12-10-7(3)9(11)6(2)8(4)13-10/h6-11H,5H2,1-4H3. The summed E-state index contributed by atoms with van der Waals surface area (Å²) in [5.41, 5.74) is 0. The monoisotopic (exact) mass is 188 g/mol. The van der Waals surface area contributed by atoms with Crippen LogP contribution in [0.3, 0.4) is 0 Å². The summed E-state index contributed by atoms with van der Waals surface area (Å²) >= 11 is 0. The molecule has 0 amide bonds. The quantitative estimate of drug-likeness (QED) is 0.712. The van der Waals surface area contributed by atoms with Gasteiger partial charge in [-0.3, -0.25) is 0 Å². The van der Waals surface area contributed by atoms with Gasteiger partial charge in [-0.05, 0) is 13.8 Å². The molecule has 0 bridgehead atoms. The zero-order chi connectivity index (χ0) is 10.0. The minimum absolute atomic E-state index is 0.0612. The van der Waals surface area contributed by atoms with Crippen LogP contribution in [0.1, 0.15) is 27.7 Å². The Balaban J connectivity index is 2.59. The van der Waals surface area contributed by atoms with Crippen molar-refractivity contribution in [2.45, 2.75) is 46.2 Å². The average Bonchev–Trinajstić information content (AvgIpc) is 2.11. The molecule has 0 aromatic carbocycles. The first-order valence-corrected chi connectivity index (χ1v) is 5.03. The normalized spacial score (nSPS) is 46.4. The summed E-state index contributed by atoms with van der Waals surface area (Å²) in [6.45, 7) is 8.52. The number of ether oxygens (including phenoxy) is 2. The lowest BCUT2D eigenvalue weighted by Gasteiger charge is -2.40. The second-order valence-corrected chi connectivity index (χ2v) is 3.87. The van der Waals surface area contributed by atoms with Crippen molar-refractivity contribution in [1.29, 1.82) is 0 Å². The molecule has 0 aromatic heterocycles. The largest absolute Gasteiger partial charge is 0.392 e. The molecule has 3 heteroatoms. The van der Waals surface area contributed by atoms with E-state index in [-0.39, 0.29) is 30.3 Å². The highest BCUT2D eigenvalue weighted by Crippen LogP contribution is 2.30. The van der Waals surface area contributed by atoms with Gasteiger partial charge in [0, 0.05) is 18.4 Å². The van der Waals surface area contributed by atoms with Crippen molar-refractivity contribution in [3.05, 3.63) is 0 Å². The van der Waals surface area contributed by atoms with E-state index in [1.54, 1.807) is 0 Å². The molecule has 1 rings (SSSR count). The molecule has 5 atom stereocenters. The Morgan fingerprint density at radius 1 is 1.23 bits per heavy atom. The van der Waals surface area contributed by atoms with Crippen molar-refractivity contribution in [3.63, 3.8) is 0 Å². The Morgan fingerprint density at radius 2 is 1.85 bits per heavy atom.